The molecule has 3 heterocycles. The molecule has 3 aliphatic rings. The van der Waals surface area contributed by atoms with E-state index in [1.807, 2.05) is 12.1 Å². The zero-order chi connectivity index (χ0) is 26.1. The van der Waals surface area contributed by atoms with Gasteiger partial charge in [0.15, 0.2) is 5.78 Å². The van der Waals surface area contributed by atoms with Crippen LogP contribution in [-0.4, -0.2) is 47.9 Å². The summed E-state index contributed by atoms with van der Waals surface area (Å²) < 4.78 is 36.9. The molecular formula is C28H32F2N4O3. The van der Waals surface area contributed by atoms with E-state index < -0.39 is 6.61 Å². The number of rotatable bonds is 10. The molecular weight excluding hydrogens is 478 g/mol. The molecule has 3 N–H and O–H groups in total. The number of anilines is 1. The predicted molar refractivity (Wildman–Crippen MR) is 137 cm³/mol. The number of para-hydroxylation sites is 1. The van der Waals surface area contributed by atoms with Gasteiger partial charge in [-0.1, -0.05) is 12.1 Å². The van der Waals surface area contributed by atoms with E-state index in [0.29, 0.717) is 11.3 Å². The lowest BCUT2D eigenvalue weighted by Crippen LogP contribution is -2.46. The van der Waals surface area contributed by atoms with Crippen molar-refractivity contribution in [3.63, 3.8) is 0 Å². The third kappa shape index (κ3) is 5.51. The topological polar surface area (TPSA) is 102 Å². The highest BCUT2D eigenvalue weighted by Crippen LogP contribution is 2.40. The lowest BCUT2D eigenvalue weighted by molar-refractivity contribution is -0.117. The van der Waals surface area contributed by atoms with E-state index in [2.05, 4.69) is 14.6 Å². The monoisotopic (exact) mass is 510 g/mol. The van der Waals surface area contributed by atoms with Gasteiger partial charge in [0.1, 0.15) is 11.6 Å². The maximum atomic E-state index is 13.1. The van der Waals surface area contributed by atoms with Gasteiger partial charge in [0.05, 0.1) is 18.4 Å². The van der Waals surface area contributed by atoms with Crippen LogP contribution in [0.4, 0.5) is 14.6 Å². The number of fused-ring (bicyclic) bond motifs is 2. The lowest BCUT2D eigenvalue weighted by Gasteiger charge is -2.39. The number of aromatic nitrogens is 1. The number of hydrogen-bond donors (Lipinski definition) is 2. The van der Waals surface area contributed by atoms with Crippen molar-refractivity contribution >= 4 is 23.0 Å². The second kappa shape index (κ2) is 10.6. The number of ketones is 1. The Morgan fingerprint density at radius 3 is 2.43 bits per heavy atom. The Bertz CT molecular complexity index is 1180. The Labute approximate surface area is 215 Å². The van der Waals surface area contributed by atoms with Gasteiger partial charge in [0.25, 0.3) is 0 Å². The summed E-state index contributed by atoms with van der Waals surface area (Å²) in [5, 5.41) is 7.79. The average molecular weight is 511 g/mol. The lowest BCUT2D eigenvalue weighted by atomic mass is 9.98. The number of halogens is 2. The molecule has 2 aliphatic heterocycles. The first kappa shape index (κ1) is 25.3. The zero-order valence-corrected chi connectivity index (χ0v) is 20.8. The van der Waals surface area contributed by atoms with Crippen molar-refractivity contribution < 1.29 is 23.0 Å². The smallest absolute Gasteiger partial charge is 0.387 e. The molecule has 37 heavy (non-hydrogen) atoms. The fourth-order valence-corrected chi connectivity index (χ4v) is 5.52. The normalized spacial score (nSPS) is 23.7. The SMILES string of the molecule is CC(=N)c1ccc(N2C3CC[C@H]2CC(OCC(C(=O)C2CC2)=C(N)c2ccccc2OC(F)F)C3)nc1. The minimum absolute atomic E-state index is 0.0415. The predicted octanol–water partition coefficient (Wildman–Crippen LogP) is 4.94. The summed E-state index contributed by atoms with van der Waals surface area (Å²) in [5.41, 5.74) is 8.47. The second-order valence-corrected chi connectivity index (χ2v) is 10.1. The summed E-state index contributed by atoms with van der Waals surface area (Å²) in [5.74, 6) is 0.701. The summed E-state index contributed by atoms with van der Waals surface area (Å²) in [6.07, 6.45) is 7.01. The number of benzene rings is 1. The van der Waals surface area contributed by atoms with Gasteiger partial charge in [0.2, 0.25) is 0 Å². The van der Waals surface area contributed by atoms with Gasteiger partial charge in [0, 0.05) is 46.6 Å². The van der Waals surface area contributed by atoms with Gasteiger partial charge >= 0.3 is 6.61 Å². The summed E-state index contributed by atoms with van der Waals surface area (Å²) in [6, 6.07) is 10.8. The van der Waals surface area contributed by atoms with Crippen LogP contribution >= 0.6 is 0 Å². The van der Waals surface area contributed by atoms with E-state index >= 15 is 0 Å². The van der Waals surface area contributed by atoms with Crippen molar-refractivity contribution in [1.82, 2.24) is 4.98 Å². The second-order valence-electron chi connectivity index (χ2n) is 10.1. The standard InChI is InChI=1S/C28H32F2N4O3/c1-16(31)18-8-11-25(33-14-18)34-19-9-10-20(34)13-21(12-19)36-15-23(27(35)17-6-7-17)26(32)22-4-2-3-5-24(22)37-28(29)30/h2-5,8,11,14,17,19-21,28,31H,6-7,9-10,12-13,15,32H2,1H3/t19-,20?,21?/m0/s1. The van der Waals surface area contributed by atoms with Crippen LogP contribution in [0.3, 0.4) is 0 Å². The molecule has 1 saturated carbocycles. The number of carbonyl (C=O) groups excluding carboxylic acids is 1. The molecule has 1 aliphatic carbocycles. The fourth-order valence-electron chi connectivity index (χ4n) is 5.52. The molecule has 0 spiro atoms. The Balaban J connectivity index is 1.31. The first-order valence-electron chi connectivity index (χ1n) is 12.8. The number of alkyl halides is 2. The highest BCUT2D eigenvalue weighted by molar-refractivity contribution is 6.05. The Morgan fingerprint density at radius 1 is 1.14 bits per heavy atom. The van der Waals surface area contributed by atoms with Crippen molar-refractivity contribution in [3.05, 3.63) is 59.3 Å². The zero-order valence-electron chi connectivity index (χ0n) is 20.8. The number of piperidine rings is 1. The molecule has 9 heteroatoms. The van der Waals surface area contributed by atoms with Gasteiger partial charge in [-0.05, 0) is 69.7 Å². The average Bonchev–Trinajstić information content (AvgIpc) is 3.69. The van der Waals surface area contributed by atoms with Crippen LogP contribution < -0.4 is 15.4 Å². The van der Waals surface area contributed by atoms with Gasteiger partial charge in [-0.15, -0.1) is 0 Å². The molecule has 7 nitrogen and oxygen atoms in total. The Hall–Kier alpha value is -3.33. The van der Waals surface area contributed by atoms with Crippen molar-refractivity contribution in [2.24, 2.45) is 11.7 Å². The highest BCUT2D eigenvalue weighted by atomic mass is 19.3. The number of nitrogens with two attached hydrogens (primary N) is 1. The molecule has 1 aromatic carbocycles. The van der Waals surface area contributed by atoms with Crippen LogP contribution in [0.15, 0.2) is 48.2 Å². The van der Waals surface area contributed by atoms with Crippen LogP contribution in [0.5, 0.6) is 5.75 Å². The van der Waals surface area contributed by atoms with Crippen molar-refractivity contribution in [3.8, 4) is 5.75 Å². The minimum atomic E-state index is -2.99. The largest absolute Gasteiger partial charge is 0.434 e. The minimum Gasteiger partial charge on any atom is -0.434 e. The molecule has 2 unspecified atom stereocenters. The number of Topliss-reactive ketones (excluding diaryl/α,β-unsaturated/α-hetero) is 1. The van der Waals surface area contributed by atoms with E-state index in [1.165, 1.54) is 6.07 Å². The first-order valence-corrected chi connectivity index (χ1v) is 12.8. The molecule has 3 atom stereocenters. The van der Waals surface area contributed by atoms with Crippen LogP contribution in [0.25, 0.3) is 5.70 Å². The van der Waals surface area contributed by atoms with Gasteiger partial charge in [-0.3, -0.25) is 4.79 Å². The van der Waals surface area contributed by atoms with E-state index in [1.54, 1.807) is 31.3 Å². The molecule has 5 rings (SSSR count). The van der Waals surface area contributed by atoms with Crippen LogP contribution in [0, 0.1) is 11.3 Å². The molecule has 1 aromatic heterocycles. The van der Waals surface area contributed by atoms with Gasteiger partial charge < -0.3 is 25.5 Å². The summed E-state index contributed by atoms with van der Waals surface area (Å²) in [6.45, 7) is -1.20. The summed E-state index contributed by atoms with van der Waals surface area (Å²) >= 11 is 0. The van der Waals surface area contributed by atoms with Crippen LogP contribution in [0.1, 0.15) is 56.6 Å². The van der Waals surface area contributed by atoms with Gasteiger partial charge in [-0.25, -0.2) is 4.98 Å². The Morgan fingerprint density at radius 2 is 1.84 bits per heavy atom. The molecule has 0 radical (unpaired) electrons. The highest BCUT2D eigenvalue weighted by Gasteiger charge is 2.42. The van der Waals surface area contributed by atoms with Crippen LogP contribution in [0.2, 0.25) is 0 Å². The quantitative estimate of drug-likeness (QED) is 0.347. The molecule has 3 fully saturated rings. The van der Waals surface area contributed by atoms with Crippen LogP contribution in [-0.2, 0) is 9.53 Å². The molecule has 196 valence electrons. The van der Waals surface area contributed by atoms with Crippen molar-refractivity contribution in [2.75, 3.05) is 11.5 Å². The molecule has 2 saturated heterocycles. The van der Waals surface area contributed by atoms with E-state index in [4.69, 9.17) is 15.9 Å². The third-order valence-electron chi connectivity index (χ3n) is 7.56. The number of carbonyl (C=O) groups is 1. The van der Waals surface area contributed by atoms with E-state index in [9.17, 15) is 13.6 Å². The molecule has 2 bridgehead atoms. The summed E-state index contributed by atoms with van der Waals surface area (Å²) in [4.78, 5) is 20.1. The number of ether oxygens (including phenoxy) is 2. The van der Waals surface area contributed by atoms with Crippen molar-refractivity contribution in [2.45, 2.75) is 70.2 Å². The van der Waals surface area contributed by atoms with E-state index in [0.717, 1.165) is 49.9 Å². The maximum absolute atomic E-state index is 13.1. The van der Waals surface area contributed by atoms with Crippen molar-refractivity contribution in [1.29, 1.82) is 5.41 Å². The summed E-state index contributed by atoms with van der Waals surface area (Å²) in [7, 11) is 0. The number of pyridine rings is 1. The van der Waals surface area contributed by atoms with E-state index in [-0.39, 0.29) is 53.5 Å². The number of hydrogen-bond acceptors (Lipinski definition) is 7. The Kier molecular flexibility index (Phi) is 7.24. The number of nitrogens with one attached hydrogen (secondary N) is 1. The number of nitrogens with zero attached hydrogens (tertiary/aromatic N) is 2. The third-order valence-corrected chi connectivity index (χ3v) is 7.56. The molecule has 2 aromatic rings. The van der Waals surface area contributed by atoms with Gasteiger partial charge in [-0.2, -0.15) is 8.78 Å². The maximum Gasteiger partial charge on any atom is 0.387 e. The first-order chi connectivity index (χ1) is 17.8. The molecule has 0 amide bonds. The fraction of sp³-hybridized carbons (Fsp3) is 0.464.